The zero-order chi connectivity index (χ0) is 101. The van der Waals surface area contributed by atoms with Crippen molar-refractivity contribution in [2.45, 2.75) is 195 Å². The molecule has 6 heterocycles. The number of fused-ring (bicyclic) bond motifs is 6. The van der Waals surface area contributed by atoms with Crippen LogP contribution in [0.1, 0.15) is 141 Å². The molecule has 746 valence electrons. The van der Waals surface area contributed by atoms with E-state index in [9.17, 15) is 68.9 Å². The molecule has 12 aromatic rings. The number of benzene rings is 10. The third-order valence-electron chi connectivity index (χ3n) is 25.1. The molecular formula is C103H95Cl4F10N3O20S. The number of aliphatic hydroxyl groups is 2. The lowest BCUT2D eigenvalue weighted by molar-refractivity contribution is -0.287. The molecule has 4 fully saturated rings. The Hall–Kier alpha value is -11.7. The SMILES string of the molecule is CC(C)(COCc1ccccc1)c1cc2cc(CC(=O)C3(c4ccc5c(c4)OC(F)(F)O5)CC3)c(F)cc2n1C[C@@H](O)COCc1ccccc1.CC(C)(COCc1ccccc1)c1cc2cc(N)c(F)cc2n1C[C@@H](O)COCc1ccccc1.O=C(Cl)C1(c2ccc3c(c2)OC(F)(F)O3)CC1.O=C(Cl)C1(c2ccc3c(c2)OC(F)(F)O3)CC1.O=C(O)C1(c2ccc3c(c2)OC(F)(F)O3)CC1.O=S(Cl)Cl. The van der Waals surface area contributed by atoms with Crippen LogP contribution < -0.4 is 43.6 Å². The van der Waals surface area contributed by atoms with Crippen molar-refractivity contribution in [2.75, 3.05) is 32.2 Å². The summed E-state index contributed by atoms with van der Waals surface area (Å²) in [5, 5.41) is 31.6. The highest BCUT2D eigenvalue weighted by atomic mass is 36.0. The summed E-state index contributed by atoms with van der Waals surface area (Å²) >= 11 is 11.0. The number of carbonyl (C=O) groups excluding carboxylic acids is 3. The number of hydrogen-bond donors (Lipinski definition) is 4. The monoisotopic (exact) mass is 2060 g/mol. The second kappa shape index (κ2) is 42.1. The number of Topliss-reactive ketones (excluding diaryl/α,β-unsaturated/α-hetero) is 1. The second-order valence-electron chi connectivity index (χ2n) is 36.5. The smallest absolute Gasteiger partial charge is 0.481 e. The van der Waals surface area contributed by atoms with Gasteiger partial charge in [-0.15, -0.1) is 35.1 Å². The molecular weight excluding hydrogens is 1960 g/mol. The first-order chi connectivity index (χ1) is 66.8. The number of rotatable bonds is 32. The van der Waals surface area contributed by atoms with Crippen LogP contribution in [0.25, 0.3) is 21.8 Å². The fourth-order valence-electron chi connectivity index (χ4n) is 17.1. The molecule has 20 rings (SSSR count). The van der Waals surface area contributed by atoms with Gasteiger partial charge in [0, 0.05) is 66.8 Å². The Labute approximate surface area is 823 Å². The number of ether oxygens (including phenoxy) is 12. The maximum absolute atomic E-state index is 16.0. The molecule has 2 aromatic heterocycles. The predicted octanol–water partition coefficient (Wildman–Crippen LogP) is 22.2. The standard InChI is InChI=1S/C41H40F3NO6.C29H33FN2O3.2C11H7ClF2O3.C11H8F2O4.Cl2OS/c1-39(2,26-49-24-28-11-7-4-8-12-28)37-18-30-17-29(19-38(47)40(15-16-40)31-13-14-35-36(20-31)51-41(43,44)50-35)33(42)21-34(30)45(37)22-32(46)25-48-23-27-9-5-3-6-10-27;1-29(2,20-35-18-22-11-7-4-8-12-22)28-14-23-13-26(31)25(30)15-27(23)32(28)16-24(33)19-34-17-21-9-5-3-6-10-21;2*12-9(15)10(3-4-10)6-1-2-7-8(5-6)17-11(13,14)16-7;12-11(13)16-7-2-1-6(5-8(7)17-11)10(3-4-10)9(14)15;1-4(2)3/h3-14,17-18,20-21,32,46H,15-16,19,22-26H2,1-2H3;3-15,24,33H,16-20,31H2,1-2H3;2*1-2,5H,3-4H2;1-2,5H,3-4H2,(H,14,15);/t32-;24-;;;;/m11..../s1. The zero-order valence-electron chi connectivity index (χ0n) is 76.0. The fraction of sp³-hybridized carbons (Fsp3) is 0.340. The van der Waals surface area contributed by atoms with Crippen molar-refractivity contribution in [3.8, 4) is 46.0 Å². The highest BCUT2D eigenvalue weighted by Crippen LogP contribution is 2.57. The van der Waals surface area contributed by atoms with Crippen molar-refractivity contribution in [1.82, 2.24) is 9.13 Å². The predicted molar refractivity (Wildman–Crippen MR) is 503 cm³/mol. The molecule has 38 heteroatoms. The summed E-state index contributed by atoms with van der Waals surface area (Å²) in [6.07, 6.45) is -11.9. The first-order valence-electron chi connectivity index (χ1n) is 44.5. The van der Waals surface area contributed by atoms with Crippen LogP contribution in [0.5, 0.6) is 46.0 Å². The number of ketones is 1. The van der Waals surface area contributed by atoms with Gasteiger partial charge in [0.15, 0.2) is 46.0 Å². The molecule has 4 saturated carbocycles. The Morgan fingerprint density at radius 1 is 0.404 bits per heavy atom. The summed E-state index contributed by atoms with van der Waals surface area (Å²) in [6.45, 7) is 11.4. The molecule has 5 N–H and O–H groups in total. The van der Waals surface area contributed by atoms with Gasteiger partial charge in [0.05, 0.1) is 117 Å². The third kappa shape index (κ3) is 25.0. The summed E-state index contributed by atoms with van der Waals surface area (Å²) in [7, 11) is 7.36. The molecule has 141 heavy (non-hydrogen) atoms. The fourth-order valence-corrected chi connectivity index (χ4v) is 17.7. The van der Waals surface area contributed by atoms with Gasteiger partial charge in [-0.2, -0.15) is 0 Å². The summed E-state index contributed by atoms with van der Waals surface area (Å²) in [5.41, 5.74) is 11.4. The largest absolute Gasteiger partial charge is 0.586 e. The van der Waals surface area contributed by atoms with E-state index in [4.69, 9.17) is 57.2 Å². The van der Waals surface area contributed by atoms with E-state index in [1.54, 1.807) is 30.3 Å². The van der Waals surface area contributed by atoms with Gasteiger partial charge in [-0.3, -0.25) is 19.2 Å². The van der Waals surface area contributed by atoms with Crippen molar-refractivity contribution in [3.63, 3.8) is 0 Å². The van der Waals surface area contributed by atoms with Crippen molar-refractivity contribution < 1.29 is 139 Å². The van der Waals surface area contributed by atoms with E-state index < -0.39 is 107 Å². The molecule has 4 aliphatic carbocycles. The Kier molecular flexibility index (Phi) is 30.9. The number of aliphatic carboxylic acids is 1. The molecule has 2 atom stereocenters. The number of anilines is 1. The second-order valence-corrected chi connectivity index (χ2v) is 39.7. The zero-order valence-corrected chi connectivity index (χ0v) is 79.8. The van der Waals surface area contributed by atoms with Crippen LogP contribution in [0, 0.1) is 11.6 Å². The summed E-state index contributed by atoms with van der Waals surface area (Å²) in [4.78, 5) is 47.5. The minimum atomic E-state index is -3.76. The number of nitrogen functional groups attached to an aromatic ring is 1. The van der Waals surface area contributed by atoms with Crippen LogP contribution in [0.15, 0.2) is 231 Å². The Morgan fingerprint density at radius 2 is 0.688 bits per heavy atom. The molecule has 0 spiro atoms. The van der Waals surface area contributed by atoms with Crippen molar-refractivity contribution in [1.29, 1.82) is 0 Å². The van der Waals surface area contributed by atoms with E-state index in [2.05, 4.69) is 73.1 Å². The van der Waals surface area contributed by atoms with E-state index >= 15 is 4.39 Å². The van der Waals surface area contributed by atoms with Crippen molar-refractivity contribution in [2.24, 2.45) is 0 Å². The average molecular weight is 2060 g/mol. The number of nitrogens with two attached hydrogens (primary N) is 1. The minimum absolute atomic E-state index is 0.0310. The van der Waals surface area contributed by atoms with Crippen LogP contribution in [-0.4, -0.2) is 115 Å². The number of carboxylic acids is 1. The Bertz CT molecular complexity index is 6370. The van der Waals surface area contributed by atoms with Gasteiger partial charge in [-0.05, 0) is 204 Å². The number of aliphatic hydroxyl groups excluding tert-OH is 2. The van der Waals surface area contributed by atoms with Gasteiger partial charge in [0.1, 0.15) is 17.4 Å². The van der Waals surface area contributed by atoms with Gasteiger partial charge in [-0.1, -0.05) is 173 Å². The molecule has 0 unspecified atom stereocenters. The minimum Gasteiger partial charge on any atom is -0.481 e. The Morgan fingerprint density at radius 3 is 0.993 bits per heavy atom. The summed E-state index contributed by atoms with van der Waals surface area (Å²) in [5.74, 6) is -2.74. The molecule has 0 amide bonds. The van der Waals surface area contributed by atoms with Crippen LogP contribution in [0.3, 0.4) is 0 Å². The van der Waals surface area contributed by atoms with Gasteiger partial charge < -0.3 is 87.0 Å². The van der Waals surface area contributed by atoms with Gasteiger partial charge in [-0.25, -0.2) is 13.0 Å². The van der Waals surface area contributed by atoms with Crippen LogP contribution in [0.4, 0.5) is 49.6 Å². The molecule has 4 aliphatic heterocycles. The molecule has 0 radical (unpaired) electrons. The summed E-state index contributed by atoms with van der Waals surface area (Å²) in [6, 6.07) is 66.7. The number of aromatic nitrogens is 2. The highest BCUT2D eigenvalue weighted by Gasteiger charge is 2.57. The lowest BCUT2D eigenvalue weighted by Gasteiger charge is -2.28. The van der Waals surface area contributed by atoms with Gasteiger partial charge >= 0.3 is 31.1 Å². The van der Waals surface area contributed by atoms with E-state index in [-0.39, 0.29) is 95.8 Å². The maximum Gasteiger partial charge on any atom is 0.586 e. The number of carbonyl (C=O) groups is 4. The first-order valence-corrected chi connectivity index (χ1v) is 48.1. The number of hydrogen-bond acceptors (Lipinski definition) is 20. The van der Waals surface area contributed by atoms with Crippen LogP contribution in [0.2, 0.25) is 0 Å². The van der Waals surface area contributed by atoms with E-state index in [1.165, 1.54) is 66.7 Å². The first kappa shape index (κ1) is 104. The number of carboxylic acid groups (broad SMARTS) is 1. The van der Waals surface area contributed by atoms with E-state index in [1.807, 2.05) is 156 Å². The van der Waals surface area contributed by atoms with Crippen LogP contribution in [-0.2, 0) is 126 Å². The van der Waals surface area contributed by atoms with Gasteiger partial charge in [0.2, 0.25) is 19.7 Å². The Balaban J connectivity index is 0.000000143. The average Bonchev–Trinajstić information content (AvgIpc) is 1.59. The normalized spacial score (nSPS) is 17.4. The highest BCUT2D eigenvalue weighted by molar-refractivity contribution is 8.26. The summed E-state index contributed by atoms with van der Waals surface area (Å²) < 4.78 is 206. The number of nitrogens with zero attached hydrogens (tertiary/aromatic N) is 2. The lowest BCUT2D eigenvalue weighted by Crippen LogP contribution is -2.30. The maximum atomic E-state index is 16.0. The number of alkyl halides is 8. The van der Waals surface area contributed by atoms with Crippen molar-refractivity contribution in [3.05, 3.63) is 304 Å². The molecule has 23 nitrogen and oxygen atoms in total. The van der Waals surface area contributed by atoms with Gasteiger partial charge in [0.25, 0.3) is 0 Å². The number of halogens is 14. The molecule has 8 aliphatic rings. The van der Waals surface area contributed by atoms with E-state index in [0.717, 1.165) is 44.4 Å². The third-order valence-corrected chi connectivity index (χ3v) is 25.8. The van der Waals surface area contributed by atoms with E-state index in [0.29, 0.717) is 124 Å². The lowest BCUT2D eigenvalue weighted by atomic mass is 9.87. The quantitative estimate of drug-likeness (QED) is 0.0173. The molecule has 0 saturated heterocycles. The van der Waals surface area contributed by atoms with Crippen molar-refractivity contribution >= 4 is 104 Å². The topological polar surface area (TPSA) is 293 Å². The molecule has 0 bridgehead atoms. The molecule has 10 aromatic carbocycles. The van der Waals surface area contributed by atoms with Crippen LogP contribution >= 0.6 is 44.6 Å².